The average Bonchev–Trinajstić information content (AvgIpc) is 2.71. The number of carbonyl (C=O) groups excluding carboxylic acids is 1. The number of carboxylic acids is 1. The van der Waals surface area contributed by atoms with Crippen LogP contribution in [0.5, 0.6) is 0 Å². The predicted molar refractivity (Wildman–Crippen MR) is 65.8 cm³/mol. The molecule has 19 heavy (non-hydrogen) atoms. The van der Waals surface area contributed by atoms with E-state index in [1.165, 1.54) is 4.90 Å². The zero-order valence-electron chi connectivity index (χ0n) is 10.6. The Morgan fingerprint density at radius 1 is 1.58 bits per heavy atom. The number of rotatable bonds is 5. The molecular weight excluding hydrogens is 252 g/mol. The Kier molecular flexibility index (Phi) is 4.00. The van der Waals surface area contributed by atoms with Gasteiger partial charge in [0.05, 0.1) is 31.0 Å². The lowest BCUT2D eigenvalue weighted by Crippen LogP contribution is -2.54. The van der Waals surface area contributed by atoms with Gasteiger partial charge in [0.1, 0.15) is 0 Å². The number of ether oxygens (including phenoxy) is 1. The number of nitrogens with zero attached hydrogens (tertiary/aromatic N) is 3. The fraction of sp³-hybridized carbons (Fsp3) is 0.545. The van der Waals surface area contributed by atoms with E-state index >= 15 is 0 Å². The van der Waals surface area contributed by atoms with Crippen LogP contribution >= 0.6 is 0 Å². The summed E-state index contributed by atoms with van der Waals surface area (Å²) in [6, 6.07) is -0.302. The summed E-state index contributed by atoms with van der Waals surface area (Å²) in [6.45, 7) is 1.65. The van der Waals surface area contributed by atoms with Gasteiger partial charge in [-0.2, -0.15) is 5.10 Å². The lowest BCUT2D eigenvalue weighted by atomic mass is 10.0. The molecule has 0 spiro atoms. The topological polar surface area (TPSA) is 96.7 Å². The number of carbonyl (C=O) groups is 2. The van der Waals surface area contributed by atoms with Gasteiger partial charge >= 0.3 is 12.0 Å². The van der Waals surface area contributed by atoms with Crippen molar-refractivity contribution in [3.05, 3.63) is 12.4 Å². The predicted octanol–water partition coefficient (Wildman–Crippen LogP) is 0.0778. The summed E-state index contributed by atoms with van der Waals surface area (Å²) in [6.07, 6.45) is 3.24. The Morgan fingerprint density at radius 2 is 2.32 bits per heavy atom. The zero-order valence-corrected chi connectivity index (χ0v) is 10.6. The third kappa shape index (κ3) is 3.22. The second-order valence-corrected chi connectivity index (χ2v) is 4.36. The van der Waals surface area contributed by atoms with Gasteiger partial charge in [0, 0.05) is 26.4 Å². The monoisotopic (exact) mass is 268 g/mol. The summed E-state index contributed by atoms with van der Waals surface area (Å²) < 4.78 is 6.59. The van der Waals surface area contributed by atoms with Crippen molar-refractivity contribution in [3.8, 4) is 0 Å². The number of methoxy groups -OCH3 is 1. The number of likely N-dealkylation sites (tertiary alicyclic amines) is 1. The molecule has 2 N–H and O–H groups in total. The van der Waals surface area contributed by atoms with Crippen LogP contribution in [0.3, 0.4) is 0 Å². The minimum Gasteiger partial charge on any atom is -0.481 e. The standard InChI is InChI=1S/C11H16N4O4/c1-19-3-2-15-7-9(4-12-15)13-11(18)14-5-8(6-14)10(16)17/h4,7-8H,2-3,5-6H2,1H3,(H,13,18)(H,16,17). The molecule has 1 aromatic heterocycles. The Morgan fingerprint density at radius 3 is 2.95 bits per heavy atom. The number of urea groups is 1. The van der Waals surface area contributed by atoms with Gasteiger partial charge in [-0.05, 0) is 0 Å². The van der Waals surface area contributed by atoms with E-state index in [1.54, 1.807) is 24.2 Å². The number of amides is 2. The number of hydrogen-bond donors (Lipinski definition) is 2. The molecule has 2 amide bonds. The number of aromatic nitrogens is 2. The van der Waals surface area contributed by atoms with Crippen LogP contribution in [-0.2, 0) is 16.1 Å². The lowest BCUT2D eigenvalue weighted by molar-refractivity contribution is -0.145. The molecule has 0 aliphatic carbocycles. The maximum atomic E-state index is 11.7. The van der Waals surface area contributed by atoms with Gasteiger partial charge < -0.3 is 20.1 Å². The first-order chi connectivity index (χ1) is 9.10. The molecule has 0 bridgehead atoms. The van der Waals surface area contributed by atoms with Crippen LogP contribution in [-0.4, -0.2) is 58.6 Å². The highest BCUT2D eigenvalue weighted by Gasteiger charge is 2.35. The fourth-order valence-corrected chi connectivity index (χ4v) is 1.74. The molecule has 104 valence electrons. The van der Waals surface area contributed by atoms with Gasteiger partial charge in [-0.25, -0.2) is 4.79 Å². The van der Waals surface area contributed by atoms with Crippen molar-refractivity contribution in [2.75, 3.05) is 32.1 Å². The second-order valence-electron chi connectivity index (χ2n) is 4.36. The van der Waals surface area contributed by atoms with Crippen molar-refractivity contribution in [1.82, 2.24) is 14.7 Å². The number of carboxylic acid groups (broad SMARTS) is 1. The molecule has 0 atom stereocenters. The van der Waals surface area contributed by atoms with E-state index < -0.39 is 11.9 Å². The molecule has 2 heterocycles. The largest absolute Gasteiger partial charge is 0.481 e. The van der Waals surface area contributed by atoms with Gasteiger partial charge in [0.15, 0.2) is 0 Å². The first kappa shape index (κ1) is 13.3. The molecule has 1 aliphatic heterocycles. The summed E-state index contributed by atoms with van der Waals surface area (Å²) >= 11 is 0. The smallest absolute Gasteiger partial charge is 0.321 e. The fourth-order valence-electron chi connectivity index (χ4n) is 1.74. The molecule has 8 nitrogen and oxygen atoms in total. The van der Waals surface area contributed by atoms with E-state index in [1.807, 2.05) is 0 Å². The van der Waals surface area contributed by atoms with Gasteiger partial charge in [-0.15, -0.1) is 0 Å². The van der Waals surface area contributed by atoms with Crippen molar-refractivity contribution in [3.63, 3.8) is 0 Å². The summed E-state index contributed by atoms with van der Waals surface area (Å²) in [5.74, 6) is -1.31. The van der Waals surface area contributed by atoms with Crippen LogP contribution in [0.1, 0.15) is 0 Å². The molecule has 0 unspecified atom stereocenters. The maximum absolute atomic E-state index is 11.7. The number of aliphatic carboxylic acids is 1. The highest BCUT2D eigenvalue weighted by molar-refractivity contribution is 5.90. The molecular formula is C11H16N4O4. The van der Waals surface area contributed by atoms with Gasteiger partial charge in [0.2, 0.25) is 0 Å². The zero-order chi connectivity index (χ0) is 13.8. The Balaban J connectivity index is 1.80. The van der Waals surface area contributed by atoms with E-state index in [0.29, 0.717) is 18.8 Å². The van der Waals surface area contributed by atoms with Gasteiger partial charge in [-0.3, -0.25) is 9.48 Å². The van der Waals surface area contributed by atoms with Crippen LogP contribution in [0, 0.1) is 5.92 Å². The summed E-state index contributed by atoms with van der Waals surface area (Å²) in [5.41, 5.74) is 0.583. The minimum atomic E-state index is -0.864. The normalized spacial score (nSPS) is 15.1. The summed E-state index contributed by atoms with van der Waals surface area (Å²) in [4.78, 5) is 23.8. The molecule has 0 radical (unpaired) electrons. The molecule has 0 saturated carbocycles. The van der Waals surface area contributed by atoms with Crippen LogP contribution in [0.2, 0.25) is 0 Å². The maximum Gasteiger partial charge on any atom is 0.321 e. The number of hydrogen-bond acceptors (Lipinski definition) is 4. The third-order valence-electron chi connectivity index (χ3n) is 2.93. The van der Waals surface area contributed by atoms with E-state index in [4.69, 9.17) is 9.84 Å². The lowest BCUT2D eigenvalue weighted by Gasteiger charge is -2.36. The number of anilines is 1. The quantitative estimate of drug-likeness (QED) is 0.788. The van der Waals surface area contributed by atoms with Crippen molar-refractivity contribution in [2.45, 2.75) is 6.54 Å². The van der Waals surface area contributed by atoms with E-state index in [2.05, 4.69) is 10.4 Å². The highest BCUT2D eigenvalue weighted by Crippen LogP contribution is 2.17. The van der Waals surface area contributed by atoms with Crippen molar-refractivity contribution >= 4 is 17.7 Å². The van der Waals surface area contributed by atoms with E-state index in [-0.39, 0.29) is 19.1 Å². The molecule has 2 rings (SSSR count). The van der Waals surface area contributed by atoms with Crippen LogP contribution in [0.4, 0.5) is 10.5 Å². The summed E-state index contributed by atoms with van der Waals surface area (Å²) in [7, 11) is 1.61. The molecule has 1 aromatic rings. The van der Waals surface area contributed by atoms with Crippen molar-refractivity contribution < 1.29 is 19.4 Å². The Labute approximate surface area is 109 Å². The first-order valence-corrected chi connectivity index (χ1v) is 5.90. The third-order valence-corrected chi connectivity index (χ3v) is 2.93. The van der Waals surface area contributed by atoms with Crippen LogP contribution in [0.25, 0.3) is 0 Å². The van der Waals surface area contributed by atoms with E-state index in [0.717, 1.165) is 0 Å². The minimum absolute atomic E-state index is 0.249. The first-order valence-electron chi connectivity index (χ1n) is 5.90. The van der Waals surface area contributed by atoms with Crippen LogP contribution in [0.15, 0.2) is 12.4 Å². The van der Waals surface area contributed by atoms with Crippen molar-refractivity contribution in [1.29, 1.82) is 0 Å². The van der Waals surface area contributed by atoms with Gasteiger partial charge in [0.25, 0.3) is 0 Å². The highest BCUT2D eigenvalue weighted by atomic mass is 16.5. The second kappa shape index (κ2) is 5.70. The van der Waals surface area contributed by atoms with Crippen LogP contribution < -0.4 is 5.32 Å². The molecule has 0 aromatic carbocycles. The van der Waals surface area contributed by atoms with Crippen molar-refractivity contribution in [2.24, 2.45) is 5.92 Å². The molecule has 1 aliphatic rings. The molecule has 1 saturated heterocycles. The Hall–Kier alpha value is -2.09. The van der Waals surface area contributed by atoms with Gasteiger partial charge in [-0.1, -0.05) is 0 Å². The SMILES string of the molecule is COCCn1cc(NC(=O)N2CC(C(=O)O)C2)cn1. The molecule has 8 heteroatoms. The summed E-state index contributed by atoms with van der Waals surface area (Å²) in [5, 5.41) is 15.5. The average molecular weight is 268 g/mol. The Bertz CT molecular complexity index is 467. The molecule has 1 fully saturated rings. The van der Waals surface area contributed by atoms with E-state index in [9.17, 15) is 9.59 Å². The number of nitrogens with one attached hydrogen (secondary N) is 1.